The Hall–Kier alpha value is 0.717. The molecule has 0 amide bonds. The Bertz CT molecular complexity index is 117. The van der Waals surface area contributed by atoms with E-state index in [-0.39, 0.29) is 0 Å². The Morgan fingerprint density at radius 2 is 1.57 bits per heavy atom. The fourth-order valence-corrected chi connectivity index (χ4v) is 3.71. The summed E-state index contributed by atoms with van der Waals surface area (Å²) in [4.78, 5) is 0. The van der Waals surface area contributed by atoms with Gasteiger partial charge >= 0.3 is 9.28 Å². The molecule has 0 radical (unpaired) electrons. The lowest BCUT2D eigenvalue weighted by atomic mass is 10.1. The number of hydrogen-bond acceptors (Lipinski definition) is 2. The summed E-state index contributed by atoms with van der Waals surface area (Å²) in [7, 11) is -1.44. The van der Waals surface area contributed by atoms with Gasteiger partial charge in [-0.1, -0.05) is 0 Å². The Morgan fingerprint density at radius 1 is 1.07 bits per heavy atom. The van der Waals surface area contributed by atoms with E-state index in [1.807, 2.05) is 13.8 Å². The van der Waals surface area contributed by atoms with Crippen LogP contribution < -0.4 is 0 Å². The molecular weight excluding hydrogens is 239 g/mol. The van der Waals surface area contributed by atoms with Crippen LogP contribution in [0.25, 0.3) is 0 Å². The van der Waals surface area contributed by atoms with Gasteiger partial charge in [-0.15, -0.1) is 23.2 Å². The van der Waals surface area contributed by atoms with Gasteiger partial charge in [0.25, 0.3) is 0 Å². The summed E-state index contributed by atoms with van der Waals surface area (Å²) in [6.45, 7) is 5.48. The maximum atomic E-state index is 5.75. The zero-order chi connectivity index (χ0) is 10.8. The summed E-state index contributed by atoms with van der Waals surface area (Å²) in [5.41, 5.74) is 0. The molecule has 0 aromatic heterocycles. The summed E-state index contributed by atoms with van der Waals surface area (Å²) in [6, 6.07) is 1.01. The zero-order valence-corrected chi connectivity index (χ0v) is 11.6. The van der Waals surface area contributed by atoms with Crippen LogP contribution in [0.3, 0.4) is 0 Å². The van der Waals surface area contributed by atoms with Crippen molar-refractivity contribution in [3.63, 3.8) is 0 Å². The van der Waals surface area contributed by atoms with Crippen LogP contribution in [0.5, 0.6) is 0 Å². The largest absolute Gasteiger partial charge is 0.397 e. The van der Waals surface area contributed by atoms with Crippen LogP contribution >= 0.6 is 23.2 Å². The van der Waals surface area contributed by atoms with E-state index in [2.05, 4.69) is 0 Å². The van der Waals surface area contributed by atoms with Gasteiger partial charge in [-0.2, -0.15) is 0 Å². The van der Waals surface area contributed by atoms with Crippen molar-refractivity contribution in [3.8, 4) is 0 Å². The topological polar surface area (TPSA) is 18.5 Å². The molecule has 0 spiro atoms. The summed E-state index contributed by atoms with van der Waals surface area (Å²) in [6.07, 6.45) is 1.02. The molecule has 0 bridgehead atoms. The molecule has 0 saturated heterocycles. The molecule has 0 aliphatic rings. The highest BCUT2D eigenvalue weighted by molar-refractivity contribution is 6.44. The first kappa shape index (κ1) is 14.7. The highest BCUT2D eigenvalue weighted by Gasteiger charge is 2.15. The van der Waals surface area contributed by atoms with Crippen LogP contribution in [0, 0.1) is 5.92 Å². The number of rotatable bonds is 9. The van der Waals surface area contributed by atoms with Crippen molar-refractivity contribution < 1.29 is 8.85 Å². The minimum absolute atomic E-state index is 0.397. The standard InChI is InChI=1S/C9H20Cl2O2Si/c1-3-12-14(13-4-2)6-5-9(7-10)8-11/h9,14H,3-8H2,1-2H3. The predicted molar refractivity (Wildman–Crippen MR) is 64.8 cm³/mol. The number of halogens is 2. The maximum Gasteiger partial charge on any atom is 0.321 e. The predicted octanol–water partition coefficient (Wildman–Crippen LogP) is 2.76. The monoisotopic (exact) mass is 258 g/mol. The van der Waals surface area contributed by atoms with Crippen LogP contribution in [0.2, 0.25) is 6.04 Å². The second-order valence-corrected chi connectivity index (χ2v) is 5.81. The first-order chi connectivity index (χ1) is 6.78. The van der Waals surface area contributed by atoms with Crippen molar-refractivity contribution in [2.45, 2.75) is 26.3 Å². The molecule has 0 heterocycles. The minimum Gasteiger partial charge on any atom is -0.397 e. The average Bonchev–Trinajstić information content (AvgIpc) is 2.20. The van der Waals surface area contributed by atoms with Gasteiger partial charge in [0.2, 0.25) is 0 Å². The van der Waals surface area contributed by atoms with E-state index in [9.17, 15) is 0 Å². The minimum atomic E-state index is -1.44. The van der Waals surface area contributed by atoms with Crippen molar-refractivity contribution >= 4 is 32.5 Å². The van der Waals surface area contributed by atoms with E-state index in [1.165, 1.54) is 0 Å². The second kappa shape index (κ2) is 10.2. The molecule has 0 aliphatic carbocycles. The molecule has 0 N–H and O–H groups in total. The third-order valence-electron chi connectivity index (χ3n) is 1.95. The van der Waals surface area contributed by atoms with Crippen molar-refractivity contribution in [1.29, 1.82) is 0 Å². The average molecular weight is 259 g/mol. The third kappa shape index (κ3) is 7.07. The molecule has 0 aromatic rings. The molecule has 0 unspecified atom stereocenters. The molecule has 86 valence electrons. The molecule has 0 saturated carbocycles. The lowest BCUT2D eigenvalue weighted by Crippen LogP contribution is -2.24. The van der Waals surface area contributed by atoms with Gasteiger partial charge in [0.05, 0.1) is 0 Å². The Kier molecular flexibility index (Phi) is 10.8. The van der Waals surface area contributed by atoms with Crippen molar-refractivity contribution in [2.75, 3.05) is 25.0 Å². The van der Waals surface area contributed by atoms with E-state index >= 15 is 0 Å². The van der Waals surface area contributed by atoms with Crippen molar-refractivity contribution in [2.24, 2.45) is 5.92 Å². The second-order valence-electron chi connectivity index (χ2n) is 3.09. The van der Waals surface area contributed by atoms with E-state index in [0.717, 1.165) is 25.7 Å². The Morgan fingerprint density at radius 3 is 1.93 bits per heavy atom. The van der Waals surface area contributed by atoms with Gasteiger partial charge in [-0.25, -0.2) is 0 Å². The van der Waals surface area contributed by atoms with Crippen LogP contribution in [0.4, 0.5) is 0 Å². The quantitative estimate of drug-likeness (QED) is 0.468. The fourth-order valence-electron chi connectivity index (χ4n) is 1.15. The summed E-state index contributed by atoms with van der Waals surface area (Å²) >= 11 is 11.5. The van der Waals surface area contributed by atoms with E-state index < -0.39 is 9.28 Å². The number of hydrogen-bond donors (Lipinski definition) is 0. The lowest BCUT2D eigenvalue weighted by molar-refractivity contribution is 0.211. The third-order valence-corrected chi connectivity index (χ3v) is 5.04. The fraction of sp³-hybridized carbons (Fsp3) is 1.00. The van der Waals surface area contributed by atoms with E-state index in [4.69, 9.17) is 32.1 Å². The molecule has 0 rings (SSSR count). The van der Waals surface area contributed by atoms with Crippen molar-refractivity contribution in [3.05, 3.63) is 0 Å². The first-order valence-corrected chi connectivity index (χ1v) is 7.96. The van der Waals surface area contributed by atoms with Gasteiger partial charge in [-0.05, 0) is 32.2 Å². The molecule has 0 atom stereocenters. The normalized spacial score (nSPS) is 11.6. The molecule has 14 heavy (non-hydrogen) atoms. The lowest BCUT2D eigenvalue weighted by Gasteiger charge is -2.16. The summed E-state index contributed by atoms with van der Waals surface area (Å²) in [5.74, 6) is 1.65. The highest BCUT2D eigenvalue weighted by Crippen LogP contribution is 2.13. The highest BCUT2D eigenvalue weighted by atomic mass is 35.5. The van der Waals surface area contributed by atoms with E-state index in [1.54, 1.807) is 0 Å². The molecular formula is C9H20Cl2O2Si. The van der Waals surface area contributed by atoms with Gasteiger partial charge in [0, 0.05) is 25.0 Å². The van der Waals surface area contributed by atoms with Crippen LogP contribution in [-0.2, 0) is 8.85 Å². The smallest absolute Gasteiger partial charge is 0.321 e. The van der Waals surface area contributed by atoms with Gasteiger partial charge in [0.1, 0.15) is 0 Å². The zero-order valence-electron chi connectivity index (χ0n) is 8.97. The van der Waals surface area contributed by atoms with E-state index in [0.29, 0.717) is 17.7 Å². The van der Waals surface area contributed by atoms with Gasteiger partial charge in [-0.3, -0.25) is 0 Å². The Labute approximate surface area is 98.7 Å². The molecule has 5 heteroatoms. The summed E-state index contributed by atoms with van der Waals surface area (Å²) < 4.78 is 11.1. The summed E-state index contributed by atoms with van der Waals surface area (Å²) in [5, 5.41) is 0. The SMILES string of the molecule is CCO[SiH](CCC(CCl)CCl)OCC. The number of alkyl halides is 2. The molecule has 0 fully saturated rings. The van der Waals surface area contributed by atoms with Crippen LogP contribution in [-0.4, -0.2) is 34.3 Å². The van der Waals surface area contributed by atoms with Gasteiger partial charge < -0.3 is 8.85 Å². The molecule has 0 aromatic carbocycles. The van der Waals surface area contributed by atoms with Gasteiger partial charge in [0.15, 0.2) is 0 Å². The molecule has 2 nitrogen and oxygen atoms in total. The van der Waals surface area contributed by atoms with Crippen molar-refractivity contribution in [1.82, 2.24) is 0 Å². The van der Waals surface area contributed by atoms with Crippen LogP contribution in [0.15, 0.2) is 0 Å². The Balaban J connectivity index is 3.67. The maximum absolute atomic E-state index is 5.75. The van der Waals surface area contributed by atoms with Crippen LogP contribution in [0.1, 0.15) is 20.3 Å². The first-order valence-electron chi connectivity index (χ1n) is 5.13. The molecule has 0 aliphatic heterocycles.